The van der Waals surface area contributed by atoms with E-state index in [2.05, 4.69) is 26.1 Å². The highest BCUT2D eigenvalue weighted by Crippen LogP contribution is 2.43. The van der Waals surface area contributed by atoms with E-state index >= 15 is 0 Å². The Morgan fingerprint density at radius 2 is 2.00 bits per heavy atom. The summed E-state index contributed by atoms with van der Waals surface area (Å²) in [6, 6.07) is 0. The molecular weight excluding hydrogens is 266 g/mol. The first-order valence-electron chi connectivity index (χ1n) is 8.22. The molecule has 2 fully saturated rings. The average Bonchev–Trinajstić information content (AvgIpc) is 3.22. The minimum absolute atomic E-state index is 0.185. The van der Waals surface area contributed by atoms with Crippen LogP contribution >= 0.6 is 0 Å². The molecule has 3 unspecified atom stereocenters. The fourth-order valence-corrected chi connectivity index (χ4v) is 4.11. The maximum absolute atomic E-state index is 12.2. The van der Waals surface area contributed by atoms with Crippen LogP contribution in [0.5, 0.6) is 0 Å². The Labute approximate surface area is 129 Å². The molecule has 0 aromatic heterocycles. The number of hydrogen-bond donors (Lipinski definition) is 1. The second-order valence-electron chi connectivity index (χ2n) is 7.83. The third-order valence-electron chi connectivity index (χ3n) is 5.16. The molecule has 1 N–H and O–H groups in total. The van der Waals surface area contributed by atoms with E-state index in [1.807, 2.05) is 7.05 Å². The Morgan fingerprint density at radius 1 is 1.33 bits per heavy atom. The second-order valence-corrected chi connectivity index (χ2v) is 7.83. The van der Waals surface area contributed by atoms with E-state index in [0.717, 1.165) is 25.7 Å². The quantitative estimate of drug-likeness (QED) is 0.766. The van der Waals surface area contributed by atoms with Gasteiger partial charge >= 0.3 is 5.97 Å². The molecule has 3 atom stereocenters. The van der Waals surface area contributed by atoms with Crippen molar-refractivity contribution < 1.29 is 14.3 Å². The zero-order chi connectivity index (χ0) is 15.7. The lowest BCUT2D eigenvalue weighted by molar-refractivity contribution is -0.155. The van der Waals surface area contributed by atoms with E-state index in [1.54, 1.807) is 0 Å². The topological polar surface area (TPSA) is 47.6 Å². The van der Waals surface area contributed by atoms with Crippen LogP contribution in [0, 0.1) is 17.3 Å². The first-order valence-corrected chi connectivity index (χ1v) is 8.22. The SMILES string of the molecule is CNC(COC1CC(C)CC(C)(C)C1)(C(=O)OC)C1CC1. The van der Waals surface area contributed by atoms with Crippen LogP contribution in [-0.2, 0) is 14.3 Å². The van der Waals surface area contributed by atoms with Crippen LogP contribution in [0.2, 0.25) is 0 Å². The Kier molecular flexibility index (Phi) is 4.99. The van der Waals surface area contributed by atoms with Gasteiger partial charge in [0.05, 0.1) is 19.8 Å². The highest BCUT2D eigenvalue weighted by atomic mass is 16.5. The fraction of sp³-hybridized carbons (Fsp3) is 0.941. The van der Waals surface area contributed by atoms with Gasteiger partial charge in [0.2, 0.25) is 0 Å². The number of methoxy groups -OCH3 is 1. The minimum atomic E-state index is -0.653. The zero-order valence-electron chi connectivity index (χ0n) is 14.2. The van der Waals surface area contributed by atoms with Gasteiger partial charge in [-0.2, -0.15) is 0 Å². The lowest BCUT2D eigenvalue weighted by Crippen LogP contribution is -2.57. The molecule has 122 valence electrons. The normalized spacial score (nSPS) is 31.5. The van der Waals surface area contributed by atoms with E-state index < -0.39 is 5.54 Å². The summed E-state index contributed by atoms with van der Waals surface area (Å²) in [4.78, 5) is 12.2. The largest absolute Gasteiger partial charge is 0.468 e. The van der Waals surface area contributed by atoms with Crippen LogP contribution in [0.4, 0.5) is 0 Å². The van der Waals surface area contributed by atoms with Crippen molar-refractivity contribution in [2.45, 2.75) is 64.5 Å². The molecule has 0 aliphatic heterocycles. The molecule has 4 nitrogen and oxygen atoms in total. The Bertz CT molecular complexity index is 378. The lowest BCUT2D eigenvalue weighted by Gasteiger charge is -2.40. The summed E-state index contributed by atoms with van der Waals surface area (Å²) in [5, 5.41) is 3.20. The molecule has 0 aromatic carbocycles. The van der Waals surface area contributed by atoms with Crippen LogP contribution in [0.1, 0.15) is 52.9 Å². The van der Waals surface area contributed by atoms with Gasteiger partial charge in [0, 0.05) is 0 Å². The van der Waals surface area contributed by atoms with Gasteiger partial charge in [0.15, 0.2) is 0 Å². The monoisotopic (exact) mass is 297 g/mol. The van der Waals surface area contributed by atoms with Gasteiger partial charge in [-0.25, -0.2) is 4.79 Å². The number of hydrogen-bond acceptors (Lipinski definition) is 4. The second kappa shape index (κ2) is 6.25. The first-order chi connectivity index (χ1) is 9.83. The number of rotatable bonds is 6. The third kappa shape index (κ3) is 3.78. The molecule has 21 heavy (non-hydrogen) atoms. The van der Waals surface area contributed by atoms with Gasteiger partial charge in [-0.15, -0.1) is 0 Å². The molecule has 4 heteroatoms. The van der Waals surface area contributed by atoms with Gasteiger partial charge in [0.25, 0.3) is 0 Å². The number of likely N-dealkylation sites (N-methyl/N-ethyl adjacent to an activating group) is 1. The highest BCUT2D eigenvalue weighted by molar-refractivity contribution is 5.82. The molecule has 0 heterocycles. The molecule has 0 saturated heterocycles. The van der Waals surface area contributed by atoms with Gasteiger partial charge in [-0.05, 0) is 56.4 Å². The molecule has 0 amide bonds. The summed E-state index contributed by atoms with van der Waals surface area (Å²) >= 11 is 0. The molecule has 0 aromatic rings. The summed E-state index contributed by atoms with van der Waals surface area (Å²) in [5.74, 6) is 0.848. The molecule has 0 radical (unpaired) electrons. The number of carbonyl (C=O) groups excluding carboxylic acids is 1. The minimum Gasteiger partial charge on any atom is -0.468 e. The molecule has 2 aliphatic rings. The van der Waals surface area contributed by atoms with E-state index in [1.165, 1.54) is 13.5 Å². The lowest BCUT2D eigenvalue weighted by atomic mass is 9.71. The molecule has 2 rings (SSSR count). The van der Waals surface area contributed by atoms with E-state index in [9.17, 15) is 4.79 Å². The van der Waals surface area contributed by atoms with Crippen molar-refractivity contribution in [1.82, 2.24) is 5.32 Å². The number of carbonyl (C=O) groups is 1. The molecule has 2 aliphatic carbocycles. The fourth-order valence-electron chi connectivity index (χ4n) is 4.11. The summed E-state index contributed by atoms with van der Waals surface area (Å²) in [6.07, 6.45) is 5.82. The summed E-state index contributed by atoms with van der Waals surface area (Å²) in [5.41, 5.74) is -0.324. The maximum atomic E-state index is 12.2. The van der Waals surface area contributed by atoms with Crippen molar-refractivity contribution in [3.63, 3.8) is 0 Å². The Balaban J connectivity index is 2.00. The van der Waals surface area contributed by atoms with Crippen LogP contribution in [0.25, 0.3) is 0 Å². The van der Waals surface area contributed by atoms with Gasteiger partial charge < -0.3 is 14.8 Å². The van der Waals surface area contributed by atoms with Gasteiger partial charge in [-0.1, -0.05) is 20.8 Å². The van der Waals surface area contributed by atoms with Gasteiger partial charge in [-0.3, -0.25) is 0 Å². The first kappa shape index (κ1) is 16.8. The van der Waals surface area contributed by atoms with E-state index in [-0.39, 0.29) is 12.1 Å². The van der Waals surface area contributed by atoms with Crippen LogP contribution in [-0.4, -0.2) is 38.4 Å². The van der Waals surface area contributed by atoms with Gasteiger partial charge in [0.1, 0.15) is 5.54 Å². The van der Waals surface area contributed by atoms with E-state index in [0.29, 0.717) is 23.9 Å². The highest BCUT2D eigenvalue weighted by Gasteiger charge is 2.51. The number of nitrogens with one attached hydrogen (secondary N) is 1. The third-order valence-corrected chi connectivity index (χ3v) is 5.16. The van der Waals surface area contributed by atoms with Crippen molar-refractivity contribution in [3.05, 3.63) is 0 Å². The predicted octanol–water partition coefficient (Wildman–Crippen LogP) is 2.76. The molecule has 0 bridgehead atoms. The Hall–Kier alpha value is -0.610. The van der Waals surface area contributed by atoms with Crippen molar-refractivity contribution in [2.75, 3.05) is 20.8 Å². The number of ether oxygens (including phenoxy) is 2. The van der Waals surface area contributed by atoms with Crippen molar-refractivity contribution in [3.8, 4) is 0 Å². The predicted molar refractivity (Wildman–Crippen MR) is 83.1 cm³/mol. The summed E-state index contributed by atoms with van der Waals surface area (Å²) in [7, 11) is 3.30. The molecule has 2 saturated carbocycles. The molecular formula is C17H31NO3. The van der Waals surface area contributed by atoms with Crippen molar-refractivity contribution in [1.29, 1.82) is 0 Å². The van der Waals surface area contributed by atoms with Crippen LogP contribution in [0.3, 0.4) is 0 Å². The van der Waals surface area contributed by atoms with Crippen LogP contribution in [0.15, 0.2) is 0 Å². The average molecular weight is 297 g/mol. The Morgan fingerprint density at radius 3 is 2.48 bits per heavy atom. The van der Waals surface area contributed by atoms with Crippen molar-refractivity contribution >= 4 is 5.97 Å². The van der Waals surface area contributed by atoms with Crippen LogP contribution < -0.4 is 5.32 Å². The maximum Gasteiger partial charge on any atom is 0.328 e. The molecule has 0 spiro atoms. The zero-order valence-corrected chi connectivity index (χ0v) is 14.2. The number of esters is 1. The smallest absolute Gasteiger partial charge is 0.328 e. The summed E-state index contributed by atoms with van der Waals surface area (Å²) < 4.78 is 11.2. The summed E-state index contributed by atoms with van der Waals surface area (Å²) in [6.45, 7) is 7.34. The standard InChI is InChI=1S/C17H31NO3/c1-12-8-14(10-16(2,3)9-12)21-11-17(18-4,13-6-7-13)15(19)20-5/h12-14,18H,6-11H2,1-5H3. The van der Waals surface area contributed by atoms with Crippen molar-refractivity contribution in [2.24, 2.45) is 17.3 Å². The van der Waals surface area contributed by atoms with E-state index in [4.69, 9.17) is 9.47 Å².